The van der Waals surface area contributed by atoms with E-state index in [1.807, 2.05) is 12.1 Å². The van der Waals surface area contributed by atoms with Crippen LogP contribution < -0.4 is 4.74 Å². The summed E-state index contributed by atoms with van der Waals surface area (Å²) in [6.45, 7) is 2.77. The van der Waals surface area contributed by atoms with Crippen molar-refractivity contribution in [3.8, 4) is 5.75 Å². The fourth-order valence-corrected chi connectivity index (χ4v) is 4.10. The Morgan fingerprint density at radius 3 is 2.48 bits per heavy atom. The van der Waals surface area contributed by atoms with Gasteiger partial charge in [0.05, 0.1) is 7.11 Å². The molecule has 0 N–H and O–H groups in total. The molecule has 1 fully saturated rings. The topological polar surface area (TPSA) is 29.5 Å². The molecule has 0 heterocycles. The van der Waals surface area contributed by atoms with Crippen molar-refractivity contribution in [2.45, 2.75) is 64.5 Å². The Balaban J connectivity index is 1.63. The highest BCUT2D eigenvalue weighted by Gasteiger charge is 2.26. The standard InChI is InChI=1S/C24H31NO2/c1-19-17-21(15-16-23(19)27-2)18-25(22-12-6-7-13-22)24(26)14-8-11-20-9-4-3-5-10-20/h3-5,9-10,15-17,22H,6-8,11-14,18H2,1-2H3. The molecule has 3 rings (SSSR count). The molecule has 0 unspecified atom stereocenters. The van der Waals surface area contributed by atoms with Crippen molar-refractivity contribution in [3.63, 3.8) is 0 Å². The summed E-state index contributed by atoms with van der Waals surface area (Å²) >= 11 is 0. The third-order valence-electron chi connectivity index (χ3n) is 5.60. The summed E-state index contributed by atoms with van der Waals surface area (Å²) < 4.78 is 5.37. The first-order chi connectivity index (χ1) is 13.2. The summed E-state index contributed by atoms with van der Waals surface area (Å²) in [6, 6.07) is 17.1. The zero-order valence-electron chi connectivity index (χ0n) is 16.6. The van der Waals surface area contributed by atoms with E-state index < -0.39 is 0 Å². The van der Waals surface area contributed by atoms with Crippen LogP contribution in [0, 0.1) is 6.92 Å². The van der Waals surface area contributed by atoms with E-state index in [2.05, 4.69) is 48.2 Å². The van der Waals surface area contributed by atoms with Gasteiger partial charge in [0.1, 0.15) is 5.75 Å². The van der Waals surface area contributed by atoms with Gasteiger partial charge in [0.25, 0.3) is 0 Å². The van der Waals surface area contributed by atoms with Gasteiger partial charge in [-0.2, -0.15) is 0 Å². The van der Waals surface area contributed by atoms with Gasteiger partial charge in [-0.05, 0) is 55.4 Å². The lowest BCUT2D eigenvalue weighted by molar-refractivity contribution is -0.134. The molecule has 0 spiro atoms. The maximum Gasteiger partial charge on any atom is 0.223 e. The lowest BCUT2D eigenvalue weighted by Crippen LogP contribution is -2.38. The molecule has 27 heavy (non-hydrogen) atoms. The van der Waals surface area contributed by atoms with Gasteiger partial charge in [-0.1, -0.05) is 55.3 Å². The monoisotopic (exact) mass is 365 g/mol. The summed E-state index contributed by atoms with van der Waals surface area (Å²) in [5.41, 5.74) is 3.62. The summed E-state index contributed by atoms with van der Waals surface area (Å²) in [5.74, 6) is 1.20. The lowest BCUT2D eigenvalue weighted by atomic mass is 10.1. The third-order valence-corrected chi connectivity index (χ3v) is 5.60. The van der Waals surface area contributed by atoms with Crippen LogP contribution in [0.4, 0.5) is 0 Å². The first-order valence-corrected chi connectivity index (χ1v) is 10.1. The van der Waals surface area contributed by atoms with E-state index in [1.165, 1.54) is 24.0 Å². The normalized spacial score (nSPS) is 14.3. The average molecular weight is 366 g/mol. The molecule has 2 aromatic carbocycles. The van der Waals surface area contributed by atoms with Crippen LogP contribution in [-0.2, 0) is 17.8 Å². The van der Waals surface area contributed by atoms with E-state index in [0.717, 1.165) is 37.0 Å². The highest BCUT2D eigenvalue weighted by molar-refractivity contribution is 5.76. The van der Waals surface area contributed by atoms with Gasteiger partial charge < -0.3 is 9.64 Å². The number of nitrogens with zero attached hydrogens (tertiary/aromatic N) is 1. The Kier molecular flexibility index (Phi) is 6.92. The second kappa shape index (κ2) is 9.59. The van der Waals surface area contributed by atoms with Gasteiger partial charge in [-0.3, -0.25) is 4.79 Å². The van der Waals surface area contributed by atoms with Crippen LogP contribution in [0.1, 0.15) is 55.2 Å². The Hall–Kier alpha value is -2.29. The van der Waals surface area contributed by atoms with E-state index in [0.29, 0.717) is 24.9 Å². The summed E-state index contributed by atoms with van der Waals surface area (Å²) in [6.07, 6.45) is 7.25. The van der Waals surface area contributed by atoms with Crippen molar-refractivity contribution in [2.75, 3.05) is 7.11 Å². The van der Waals surface area contributed by atoms with E-state index in [1.54, 1.807) is 7.11 Å². The molecule has 3 heteroatoms. The molecule has 1 aliphatic carbocycles. The molecule has 0 aliphatic heterocycles. The zero-order chi connectivity index (χ0) is 19.1. The summed E-state index contributed by atoms with van der Waals surface area (Å²) in [5, 5.41) is 0. The molecule has 0 aromatic heterocycles. The third kappa shape index (κ3) is 5.35. The minimum atomic E-state index is 0.298. The molecular weight excluding hydrogens is 334 g/mol. The van der Waals surface area contributed by atoms with Gasteiger partial charge >= 0.3 is 0 Å². The number of ether oxygens (including phenoxy) is 1. The largest absolute Gasteiger partial charge is 0.496 e. The number of methoxy groups -OCH3 is 1. The molecule has 1 saturated carbocycles. The van der Waals surface area contributed by atoms with Crippen LogP contribution in [0.5, 0.6) is 5.75 Å². The molecule has 3 nitrogen and oxygen atoms in total. The molecule has 1 aliphatic rings. The van der Waals surface area contributed by atoms with Crippen molar-refractivity contribution >= 4 is 5.91 Å². The van der Waals surface area contributed by atoms with Crippen molar-refractivity contribution in [3.05, 3.63) is 65.2 Å². The van der Waals surface area contributed by atoms with Crippen LogP contribution >= 0.6 is 0 Å². The smallest absolute Gasteiger partial charge is 0.223 e. The SMILES string of the molecule is COc1ccc(CN(C(=O)CCCc2ccccc2)C2CCCC2)cc1C. The van der Waals surface area contributed by atoms with Crippen LogP contribution in [0.3, 0.4) is 0 Å². The number of hydrogen-bond donors (Lipinski definition) is 0. The maximum atomic E-state index is 13.0. The Morgan fingerprint density at radius 2 is 1.81 bits per heavy atom. The fourth-order valence-electron chi connectivity index (χ4n) is 4.10. The highest BCUT2D eigenvalue weighted by atomic mass is 16.5. The van der Waals surface area contributed by atoms with Crippen LogP contribution in [0.15, 0.2) is 48.5 Å². The van der Waals surface area contributed by atoms with E-state index >= 15 is 0 Å². The first-order valence-electron chi connectivity index (χ1n) is 10.1. The van der Waals surface area contributed by atoms with Gasteiger partial charge in [-0.15, -0.1) is 0 Å². The minimum absolute atomic E-state index is 0.298. The minimum Gasteiger partial charge on any atom is -0.496 e. The van der Waals surface area contributed by atoms with Gasteiger partial charge in [0.2, 0.25) is 5.91 Å². The quantitative estimate of drug-likeness (QED) is 0.635. The fraction of sp³-hybridized carbons (Fsp3) is 0.458. The predicted molar refractivity (Wildman–Crippen MR) is 110 cm³/mol. The van der Waals surface area contributed by atoms with Crippen LogP contribution in [0.25, 0.3) is 0 Å². The van der Waals surface area contributed by atoms with Crippen LogP contribution in [0.2, 0.25) is 0 Å². The molecule has 0 saturated heterocycles. The molecule has 0 atom stereocenters. The first kappa shape index (κ1) is 19.5. The Morgan fingerprint density at radius 1 is 1.07 bits per heavy atom. The second-order valence-electron chi connectivity index (χ2n) is 7.60. The molecule has 0 bridgehead atoms. The maximum absolute atomic E-state index is 13.0. The average Bonchev–Trinajstić information content (AvgIpc) is 3.21. The molecule has 1 amide bonds. The molecule has 2 aromatic rings. The Bertz CT molecular complexity index is 735. The number of hydrogen-bond acceptors (Lipinski definition) is 2. The predicted octanol–water partition coefficient (Wildman–Crippen LogP) is 5.30. The van der Waals surface area contributed by atoms with Crippen molar-refractivity contribution in [1.82, 2.24) is 4.90 Å². The number of benzene rings is 2. The number of carbonyl (C=O) groups is 1. The van der Waals surface area contributed by atoms with Gasteiger partial charge in [0, 0.05) is 19.0 Å². The van der Waals surface area contributed by atoms with Crippen LogP contribution in [-0.4, -0.2) is 24.0 Å². The zero-order valence-corrected chi connectivity index (χ0v) is 16.6. The summed E-state index contributed by atoms with van der Waals surface area (Å²) in [4.78, 5) is 15.2. The molecule has 0 radical (unpaired) electrons. The van der Waals surface area contributed by atoms with Crippen molar-refractivity contribution in [2.24, 2.45) is 0 Å². The Labute approximate surface area is 163 Å². The highest BCUT2D eigenvalue weighted by Crippen LogP contribution is 2.27. The summed E-state index contributed by atoms with van der Waals surface area (Å²) in [7, 11) is 1.70. The number of aryl methyl sites for hydroxylation is 2. The van der Waals surface area contributed by atoms with Gasteiger partial charge in [0.15, 0.2) is 0 Å². The van der Waals surface area contributed by atoms with Gasteiger partial charge in [-0.25, -0.2) is 0 Å². The van der Waals surface area contributed by atoms with E-state index in [-0.39, 0.29) is 0 Å². The number of rotatable bonds is 8. The second-order valence-corrected chi connectivity index (χ2v) is 7.60. The van der Waals surface area contributed by atoms with E-state index in [4.69, 9.17) is 4.74 Å². The molecule has 144 valence electrons. The number of amides is 1. The van der Waals surface area contributed by atoms with E-state index in [9.17, 15) is 4.79 Å². The van der Waals surface area contributed by atoms with Crippen molar-refractivity contribution < 1.29 is 9.53 Å². The number of carbonyl (C=O) groups excluding carboxylic acids is 1. The lowest BCUT2D eigenvalue weighted by Gasteiger charge is -2.29. The van der Waals surface area contributed by atoms with Crippen molar-refractivity contribution in [1.29, 1.82) is 0 Å². The molecular formula is C24H31NO2.